The molecule has 2 N–H and O–H groups in total. The maximum Gasteiger partial charge on any atom is 0.310 e. The fourth-order valence-corrected chi connectivity index (χ4v) is 6.92. The van der Waals surface area contributed by atoms with Gasteiger partial charge in [0.15, 0.2) is 11.9 Å². The Morgan fingerprint density at radius 3 is 2.43 bits per heavy atom. The van der Waals surface area contributed by atoms with E-state index in [9.17, 15) is 19.2 Å². The highest BCUT2D eigenvalue weighted by Crippen LogP contribution is 2.38. The summed E-state index contributed by atoms with van der Waals surface area (Å²) in [5.41, 5.74) is 9.77. The van der Waals surface area contributed by atoms with E-state index in [0.717, 1.165) is 24.2 Å². The van der Waals surface area contributed by atoms with Gasteiger partial charge in [-0.15, -0.1) is 6.58 Å². The lowest BCUT2D eigenvalue weighted by atomic mass is 9.75. The Hall–Kier alpha value is -3.99. The number of aryl methyl sites for hydroxylation is 1. The van der Waals surface area contributed by atoms with Crippen molar-refractivity contribution in [3.05, 3.63) is 53.4 Å². The number of nitrogens with zero attached hydrogens (tertiary/aromatic N) is 4. The zero-order chi connectivity index (χ0) is 34.0. The number of primary amides is 1. The third-order valence-electron chi connectivity index (χ3n) is 8.71. The first kappa shape index (κ1) is 34.9. The smallest absolute Gasteiger partial charge is 0.310 e. The number of carbonyl (C=O) groups excluding carboxylic acids is 4. The molecule has 1 saturated carbocycles. The van der Waals surface area contributed by atoms with Gasteiger partial charge in [-0.3, -0.25) is 19.2 Å². The maximum absolute atomic E-state index is 13.0. The summed E-state index contributed by atoms with van der Waals surface area (Å²) in [6.45, 7) is 12.3. The highest BCUT2D eigenvalue weighted by molar-refractivity contribution is 6.00. The second-order valence-corrected chi connectivity index (χ2v) is 14.6. The van der Waals surface area contributed by atoms with E-state index >= 15 is 0 Å². The Kier molecular flexibility index (Phi) is 10.5. The molecule has 1 amide bonds. The van der Waals surface area contributed by atoms with E-state index in [1.165, 1.54) is 6.92 Å². The maximum atomic E-state index is 13.0. The number of aromatic nitrogens is 2. The van der Waals surface area contributed by atoms with Gasteiger partial charge in [0.05, 0.1) is 61.5 Å². The summed E-state index contributed by atoms with van der Waals surface area (Å²) in [7, 11) is 5.93. The summed E-state index contributed by atoms with van der Waals surface area (Å²) >= 11 is 0. The number of quaternary nitrogens is 1. The van der Waals surface area contributed by atoms with Crippen molar-refractivity contribution >= 4 is 29.3 Å². The van der Waals surface area contributed by atoms with Gasteiger partial charge in [0.1, 0.15) is 12.6 Å². The van der Waals surface area contributed by atoms with E-state index in [2.05, 4.69) is 25.3 Å². The first-order valence-corrected chi connectivity index (χ1v) is 16.1. The highest BCUT2D eigenvalue weighted by Gasteiger charge is 2.36. The van der Waals surface area contributed by atoms with Crippen LogP contribution in [0.2, 0.25) is 0 Å². The number of amides is 1. The van der Waals surface area contributed by atoms with Crippen molar-refractivity contribution in [1.82, 2.24) is 9.78 Å². The number of hydrogen-bond acceptors (Lipinski definition) is 8. The number of ether oxygens (including phenoxy) is 2. The molecule has 0 aliphatic heterocycles. The monoisotopic (exact) mass is 636 g/mol. The summed E-state index contributed by atoms with van der Waals surface area (Å²) in [5.74, 6) is -1.24. The van der Waals surface area contributed by atoms with Crippen LogP contribution in [0.3, 0.4) is 0 Å². The molecule has 1 aromatic carbocycles. The van der Waals surface area contributed by atoms with Gasteiger partial charge in [-0.2, -0.15) is 5.10 Å². The van der Waals surface area contributed by atoms with Crippen molar-refractivity contribution in [1.29, 1.82) is 0 Å². The van der Waals surface area contributed by atoms with Crippen LogP contribution in [0, 0.1) is 12.3 Å². The lowest BCUT2D eigenvalue weighted by Gasteiger charge is -2.38. The Balaban J connectivity index is 1.54. The average molecular weight is 637 g/mol. The number of anilines is 1. The SMILES string of the molecule is C=CCN(c1cc(-n2nc(C)c3c2CC(C)(C)CC3=O)ccc1C(N)=O)[C@H]1CC[C@@H](OC(=O)CC(C[N+](C)(C)C)OC(C)=O)CC1. The molecule has 46 heavy (non-hydrogen) atoms. The highest BCUT2D eigenvalue weighted by atomic mass is 16.6. The van der Waals surface area contributed by atoms with E-state index < -0.39 is 18.0 Å². The number of benzene rings is 1. The lowest BCUT2D eigenvalue weighted by molar-refractivity contribution is -0.873. The molecule has 0 saturated heterocycles. The molecule has 250 valence electrons. The molecule has 1 atom stereocenters. The third-order valence-corrected chi connectivity index (χ3v) is 8.71. The van der Waals surface area contributed by atoms with Crippen molar-refractivity contribution in [2.75, 3.05) is 39.1 Å². The first-order valence-electron chi connectivity index (χ1n) is 16.1. The van der Waals surface area contributed by atoms with E-state index in [-0.39, 0.29) is 35.7 Å². The molecule has 2 aliphatic rings. The summed E-state index contributed by atoms with van der Waals surface area (Å²) < 4.78 is 13.6. The average Bonchev–Trinajstić information content (AvgIpc) is 3.25. The number of likely N-dealkylation sites (N-methyl/N-ethyl adjacent to an activating group) is 1. The van der Waals surface area contributed by atoms with Crippen LogP contribution in [0.15, 0.2) is 30.9 Å². The van der Waals surface area contributed by atoms with Gasteiger partial charge >= 0.3 is 11.9 Å². The number of hydrogen-bond donors (Lipinski definition) is 1. The second-order valence-electron chi connectivity index (χ2n) is 14.6. The molecule has 1 unspecified atom stereocenters. The van der Waals surface area contributed by atoms with Gasteiger partial charge in [-0.1, -0.05) is 19.9 Å². The predicted molar refractivity (Wildman–Crippen MR) is 176 cm³/mol. The molecule has 0 spiro atoms. The van der Waals surface area contributed by atoms with Crippen LogP contribution in [0.4, 0.5) is 5.69 Å². The molecule has 0 radical (unpaired) electrons. The summed E-state index contributed by atoms with van der Waals surface area (Å²) in [6, 6.07) is 5.53. The second kappa shape index (κ2) is 13.8. The zero-order valence-corrected chi connectivity index (χ0v) is 28.4. The molecular formula is C35H50N5O6+. The number of esters is 2. The Morgan fingerprint density at radius 2 is 1.85 bits per heavy atom. The number of Topliss-reactive ketones (excluding diaryl/α,β-unsaturated/α-hetero) is 1. The molecular weight excluding hydrogens is 586 g/mol. The summed E-state index contributed by atoms with van der Waals surface area (Å²) in [6.07, 6.45) is 4.91. The quantitative estimate of drug-likeness (QED) is 0.207. The Labute approximate surface area is 272 Å². The predicted octanol–water partition coefficient (Wildman–Crippen LogP) is 4.31. The fourth-order valence-electron chi connectivity index (χ4n) is 6.92. The normalized spacial score (nSPS) is 19.9. The van der Waals surface area contributed by atoms with E-state index in [4.69, 9.17) is 20.3 Å². The van der Waals surface area contributed by atoms with Gasteiger partial charge < -0.3 is 24.6 Å². The standard InChI is InChI=1S/C35H49N5O6/c1-9-16-38(24-10-13-26(14-11-24)46-32(43)18-27(45-23(3)41)21-40(6,7)8)29-17-25(12-15-28(29)34(36)44)39-30-19-35(4,5)20-31(42)33(30)22(2)37-39/h9,12,15,17,24,26-27H,1,10-11,13-14,16,18-21H2,2-8H3,(H-,36,44)/p+1/t24-,26+,27?. The number of carbonyl (C=O) groups is 4. The van der Waals surface area contributed by atoms with Crippen molar-refractivity contribution in [3.8, 4) is 5.69 Å². The molecule has 1 fully saturated rings. The van der Waals surface area contributed by atoms with Gasteiger partial charge in [0, 0.05) is 25.9 Å². The van der Waals surface area contributed by atoms with Crippen molar-refractivity contribution < 1.29 is 33.1 Å². The van der Waals surface area contributed by atoms with Crippen LogP contribution < -0.4 is 10.6 Å². The minimum atomic E-state index is -0.558. The van der Waals surface area contributed by atoms with Crippen LogP contribution >= 0.6 is 0 Å². The van der Waals surface area contributed by atoms with Crippen LogP contribution in [0.1, 0.15) is 91.4 Å². The first-order chi connectivity index (χ1) is 21.5. The largest absolute Gasteiger partial charge is 0.462 e. The number of ketones is 1. The number of nitrogens with two attached hydrogens (primary N) is 1. The molecule has 4 rings (SSSR count). The molecule has 1 aromatic heterocycles. The van der Waals surface area contributed by atoms with Crippen molar-refractivity contribution in [2.24, 2.45) is 11.1 Å². The fraction of sp³-hybridized carbons (Fsp3) is 0.571. The van der Waals surface area contributed by atoms with Gasteiger partial charge in [-0.05, 0) is 62.6 Å². The van der Waals surface area contributed by atoms with Crippen LogP contribution in [-0.4, -0.2) is 90.4 Å². The van der Waals surface area contributed by atoms with Gasteiger partial charge in [0.2, 0.25) is 0 Å². The zero-order valence-electron chi connectivity index (χ0n) is 28.4. The summed E-state index contributed by atoms with van der Waals surface area (Å²) in [5, 5.41) is 4.77. The topological polar surface area (TPSA) is 134 Å². The third kappa shape index (κ3) is 8.43. The molecule has 2 aliphatic carbocycles. The van der Waals surface area contributed by atoms with Crippen LogP contribution in [0.25, 0.3) is 5.69 Å². The van der Waals surface area contributed by atoms with Gasteiger partial charge in [-0.25, -0.2) is 4.68 Å². The molecule has 11 heteroatoms. The Bertz CT molecular complexity index is 1500. The van der Waals surface area contributed by atoms with Crippen LogP contribution in [0.5, 0.6) is 0 Å². The number of fused-ring (bicyclic) bond motifs is 1. The van der Waals surface area contributed by atoms with Crippen LogP contribution in [-0.2, 0) is 25.5 Å². The molecule has 0 bridgehead atoms. The Morgan fingerprint density at radius 1 is 1.17 bits per heavy atom. The van der Waals surface area contributed by atoms with Gasteiger partial charge in [0.25, 0.3) is 5.91 Å². The molecule has 2 aromatic rings. The lowest BCUT2D eigenvalue weighted by Crippen LogP contribution is -2.44. The van der Waals surface area contributed by atoms with E-state index in [1.807, 2.05) is 44.9 Å². The van der Waals surface area contributed by atoms with E-state index in [1.54, 1.807) is 12.1 Å². The van der Waals surface area contributed by atoms with Crippen molar-refractivity contribution in [2.45, 2.75) is 90.9 Å². The van der Waals surface area contributed by atoms with E-state index in [0.29, 0.717) is 65.8 Å². The number of rotatable bonds is 12. The molecule has 11 nitrogen and oxygen atoms in total. The minimum absolute atomic E-state index is 0.00572. The summed E-state index contributed by atoms with van der Waals surface area (Å²) in [4.78, 5) is 52.3. The molecule has 1 heterocycles. The van der Waals surface area contributed by atoms with Crippen molar-refractivity contribution in [3.63, 3.8) is 0 Å². The minimum Gasteiger partial charge on any atom is -0.462 e.